The van der Waals surface area contributed by atoms with E-state index in [1.807, 2.05) is 55.5 Å². The summed E-state index contributed by atoms with van der Waals surface area (Å²) in [7, 11) is 0. The lowest BCUT2D eigenvalue weighted by atomic mass is 9.81. The largest absolute Gasteiger partial charge is 0.269 e. The van der Waals surface area contributed by atoms with Crippen LogP contribution in [0.3, 0.4) is 0 Å². The van der Waals surface area contributed by atoms with E-state index < -0.39 is 0 Å². The first-order valence-electron chi connectivity index (χ1n) is 13.2. The highest BCUT2D eigenvalue weighted by atomic mass is 16.6. The first kappa shape index (κ1) is 24.4. The van der Waals surface area contributed by atoms with E-state index in [4.69, 9.17) is 0 Å². The summed E-state index contributed by atoms with van der Waals surface area (Å²) in [6.45, 7) is 2.05. The lowest BCUT2D eigenvalue weighted by molar-refractivity contribution is -0.385. The highest BCUT2D eigenvalue weighted by Gasteiger charge is 2.22. The highest BCUT2D eigenvalue weighted by molar-refractivity contribution is 6.36. The van der Waals surface area contributed by atoms with Gasteiger partial charge in [0.2, 0.25) is 0 Å². The van der Waals surface area contributed by atoms with Gasteiger partial charge < -0.3 is 0 Å². The van der Waals surface area contributed by atoms with Gasteiger partial charge in [-0.2, -0.15) is 0 Å². The number of fused-ring (bicyclic) bond motifs is 7. The molecule has 0 radical (unpaired) electrons. The second-order valence-electron chi connectivity index (χ2n) is 10.2. The number of hydrogen-bond acceptors (Lipinski definition) is 4. The second kappa shape index (κ2) is 9.24. The van der Waals surface area contributed by atoms with Crippen LogP contribution in [0.15, 0.2) is 115 Å². The normalized spacial score (nSPS) is 11.4. The Bertz CT molecular complexity index is 2200. The number of rotatable bonds is 4. The van der Waals surface area contributed by atoms with E-state index in [0.717, 1.165) is 70.9 Å². The van der Waals surface area contributed by atoms with Gasteiger partial charge in [0.25, 0.3) is 11.4 Å². The average molecular weight is 535 g/mol. The van der Waals surface area contributed by atoms with Gasteiger partial charge in [-0.15, -0.1) is 0 Å². The van der Waals surface area contributed by atoms with E-state index in [0.29, 0.717) is 0 Å². The Morgan fingerprint density at radius 3 is 1.32 bits per heavy atom. The quantitative estimate of drug-likeness (QED) is 0.0973. The summed E-state index contributed by atoms with van der Waals surface area (Å²) < 4.78 is 0. The minimum Gasteiger partial charge on any atom is -0.258 e. The Hall–Kier alpha value is -5.62. The van der Waals surface area contributed by atoms with Crippen LogP contribution in [0.4, 0.5) is 11.4 Å². The fourth-order valence-electron chi connectivity index (χ4n) is 6.11. The van der Waals surface area contributed by atoms with E-state index in [-0.39, 0.29) is 21.2 Å². The molecule has 41 heavy (non-hydrogen) atoms. The van der Waals surface area contributed by atoms with Crippen molar-refractivity contribution in [1.82, 2.24) is 0 Å². The van der Waals surface area contributed by atoms with Crippen molar-refractivity contribution in [2.75, 3.05) is 0 Å². The summed E-state index contributed by atoms with van der Waals surface area (Å²) in [5.41, 5.74) is 4.92. The van der Waals surface area contributed by atoms with Crippen molar-refractivity contribution in [3.8, 4) is 22.3 Å². The lowest BCUT2D eigenvalue weighted by Crippen LogP contribution is -1.95. The smallest absolute Gasteiger partial charge is 0.258 e. The molecule has 0 atom stereocenters. The zero-order valence-corrected chi connectivity index (χ0v) is 22.0. The molecule has 7 aromatic carbocycles. The first-order chi connectivity index (χ1) is 19.9. The summed E-state index contributed by atoms with van der Waals surface area (Å²) in [6, 6.07) is 36.5. The Balaban J connectivity index is 1.77. The third-order valence-corrected chi connectivity index (χ3v) is 7.88. The van der Waals surface area contributed by atoms with E-state index in [1.54, 1.807) is 24.3 Å². The van der Waals surface area contributed by atoms with Crippen LogP contribution in [0, 0.1) is 27.2 Å². The zero-order chi connectivity index (χ0) is 28.2. The molecule has 0 N–H and O–H groups in total. The van der Waals surface area contributed by atoms with Crippen molar-refractivity contribution in [2.24, 2.45) is 0 Å². The van der Waals surface area contributed by atoms with E-state index >= 15 is 0 Å². The molecule has 0 amide bonds. The lowest BCUT2D eigenvalue weighted by Gasteiger charge is -2.22. The first-order valence-corrected chi connectivity index (χ1v) is 13.2. The number of nitrogens with zero attached hydrogens (tertiary/aromatic N) is 2. The van der Waals surface area contributed by atoms with E-state index in [1.165, 1.54) is 0 Å². The van der Waals surface area contributed by atoms with Gasteiger partial charge >= 0.3 is 0 Å². The number of hydrogen-bond donors (Lipinski definition) is 0. The molecular weight excluding hydrogens is 512 g/mol. The monoisotopic (exact) mass is 534 g/mol. The van der Waals surface area contributed by atoms with Gasteiger partial charge in [0.15, 0.2) is 0 Å². The van der Waals surface area contributed by atoms with Crippen molar-refractivity contribution in [2.45, 2.75) is 6.92 Å². The van der Waals surface area contributed by atoms with Crippen LogP contribution in [0.5, 0.6) is 0 Å². The van der Waals surface area contributed by atoms with E-state index in [9.17, 15) is 20.2 Å². The molecule has 0 heterocycles. The predicted molar refractivity (Wildman–Crippen MR) is 165 cm³/mol. The molecule has 0 unspecified atom stereocenters. The molecule has 7 rings (SSSR count). The fraction of sp³-hybridized carbons (Fsp3) is 0.0286. The topological polar surface area (TPSA) is 86.3 Å². The third kappa shape index (κ3) is 3.80. The SMILES string of the molecule is Cc1ccc2c(-c3ccc([N+](=O)[O-])cc3)c3c4ccccc4c4ccccc4c3c(-c3ccc([N+](=O)[O-])cc3)c2c1. The Morgan fingerprint density at radius 1 is 0.463 bits per heavy atom. The molecule has 0 fully saturated rings. The number of non-ortho nitro benzene ring substituents is 2. The maximum Gasteiger partial charge on any atom is 0.269 e. The molecule has 0 saturated heterocycles. The summed E-state index contributed by atoms with van der Waals surface area (Å²) in [4.78, 5) is 22.2. The highest BCUT2D eigenvalue weighted by Crippen LogP contribution is 2.49. The molecule has 7 aromatic rings. The molecular formula is C35H22N2O4. The second-order valence-corrected chi connectivity index (χ2v) is 10.2. The number of benzene rings is 7. The van der Waals surface area contributed by atoms with Gasteiger partial charge in [-0.05, 0) is 96.5 Å². The Kier molecular flexibility index (Phi) is 5.51. The Labute approximate surface area is 234 Å². The number of nitro groups is 2. The van der Waals surface area contributed by atoms with E-state index in [2.05, 4.69) is 42.5 Å². The van der Waals surface area contributed by atoms with Crippen molar-refractivity contribution >= 4 is 54.5 Å². The molecule has 6 nitrogen and oxygen atoms in total. The summed E-state index contributed by atoms with van der Waals surface area (Å²) >= 11 is 0. The van der Waals surface area contributed by atoms with Crippen molar-refractivity contribution in [3.05, 3.63) is 141 Å². The third-order valence-electron chi connectivity index (χ3n) is 7.88. The summed E-state index contributed by atoms with van der Waals surface area (Å²) in [6.07, 6.45) is 0. The molecule has 0 aromatic heterocycles. The number of nitro benzene ring substituents is 2. The predicted octanol–water partition coefficient (Wildman–Crippen LogP) is 9.76. The minimum atomic E-state index is -0.385. The summed E-state index contributed by atoms with van der Waals surface area (Å²) in [5, 5.41) is 31.4. The van der Waals surface area contributed by atoms with Crippen LogP contribution in [0.2, 0.25) is 0 Å². The summed E-state index contributed by atoms with van der Waals surface area (Å²) in [5.74, 6) is 0. The van der Waals surface area contributed by atoms with Gasteiger partial charge in [-0.3, -0.25) is 20.2 Å². The van der Waals surface area contributed by atoms with Crippen LogP contribution < -0.4 is 0 Å². The van der Waals surface area contributed by atoms with Crippen LogP contribution in [-0.4, -0.2) is 9.85 Å². The van der Waals surface area contributed by atoms with Crippen LogP contribution in [-0.2, 0) is 0 Å². The standard InChI is InChI=1S/C35H22N2O4/c1-21-10-19-30-31(20-21)33(23-13-17-25(18-14-23)37(40)41)35-29-9-5-3-7-27(29)26-6-2-4-8-28(26)34(35)32(30)22-11-15-24(16-12-22)36(38)39/h2-20H,1H3. The molecule has 0 aliphatic rings. The maximum absolute atomic E-state index is 11.5. The van der Waals surface area contributed by atoms with Crippen molar-refractivity contribution < 1.29 is 9.85 Å². The van der Waals surface area contributed by atoms with Crippen LogP contribution in [0.25, 0.3) is 65.3 Å². The number of aryl methyl sites for hydroxylation is 1. The van der Waals surface area contributed by atoms with Gasteiger partial charge in [-0.25, -0.2) is 0 Å². The molecule has 6 heteroatoms. The van der Waals surface area contributed by atoms with Gasteiger partial charge in [0.1, 0.15) is 0 Å². The molecule has 0 spiro atoms. The van der Waals surface area contributed by atoms with Gasteiger partial charge in [0, 0.05) is 24.3 Å². The molecule has 0 bridgehead atoms. The fourth-order valence-corrected chi connectivity index (χ4v) is 6.11. The van der Waals surface area contributed by atoms with Gasteiger partial charge in [0.05, 0.1) is 9.85 Å². The van der Waals surface area contributed by atoms with Crippen LogP contribution >= 0.6 is 0 Å². The minimum absolute atomic E-state index is 0.0380. The molecule has 0 saturated carbocycles. The molecule has 0 aliphatic heterocycles. The zero-order valence-electron chi connectivity index (χ0n) is 22.0. The molecule has 0 aliphatic carbocycles. The average Bonchev–Trinajstić information content (AvgIpc) is 3.00. The van der Waals surface area contributed by atoms with Crippen molar-refractivity contribution in [3.63, 3.8) is 0 Å². The van der Waals surface area contributed by atoms with Gasteiger partial charge in [-0.1, -0.05) is 72.3 Å². The molecule has 196 valence electrons. The maximum atomic E-state index is 11.5. The van der Waals surface area contributed by atoms with Crippen molar-refractivity contribution in [1.29, 1.82) is 0 Å². The Morgan fingerprint density at radius 2 is 0.878 bits per heavy atom. The van der Waals surface area contributed by atoms with Crippen LogP contribution in [0.1, 0.15) is 5.56 Å².